The van der Waals surface area contributed by atoms with Crippen molar-refractivity contribution in [1.29, 1.82) is 0 Å². The van der Waals surface area contributed by atoms with Crippen LogP contribution in [0.4, 0.5) is 16.2 Å². The number of hydrogen-bond donors (Lipinski definition) is 2. The number of thiophene rings is 1. The molecule has 2 amide bonds. The first kappa shape index (κ1) is 13.9. The Kier molecular flexibility index (Phi) is 3.56. The van der Waals surface area contributed by atoms with Crippen molar-refractivity contribution in [2.24, 2.45) is 0 Å². The molecule has 1 aromatic heterocycles. The highest BCUT2D eigenvalue weighted by Crippen LogP contribution is 2.23. The minimum atomic E-state index is -3.54. The Morgan fingerprint density at radius 3 is 2.52 bits per heavy atom. The zero-order chi connectivity index (χ0) is 14.9. The molecule has 0 spiro atoms. The molecule has 0 aliphatic carbocycles. The van der Waals surface area contributed by atoms with Crippen molar-refractivity contribution in [3.8, 4) is 0 Å². The second kappa shape index (κ2) is 5.38. The predicted molar refractivity (Wildman–Crippen MR) is 82.3 cm³/mol. The molecule has 1 aromatic carbocycles. The van der Waals surface area contributed by atoms with Crippen molar-refractivity contribution in [2.75, 3.05) is 22.7 Å². The summed E-state index contributed by atoms with van der Waals surface area (Å²) in [5.41, 5.74) is 1.20. The summed E-state index contributed by atoms with van der Waals surface area (Å²) in [6.07, 6.45) is 0. The summed E-state index contributed by atoms with van der Waals surface area (Å²) in [5.74, 6) is 0. The largest absolute Gasteiger partial charge is 0.336 e. The highest BCUT2D eigenvalue weighted by atomic mass is 32.2. The van der Waals surface area contributed by atoms with Gasteiger partial charge in [-0.15, -0.1) is 11.3 Å². The molecule has 1 saturated heterocycles. The molecule has 8 heteroatoms. The third-order valence-electron chi connectivity index (χ3n) is 3.05. The molecule has 2 aromatic rings. The van der Waals surface area contributed by atoms with Gasteiger partial charge in [0.25, 0.3) is 10.0 Å². The first-order chi connectivity index (χ1) is 10.1. The van der Waals surface area contributed by atoms with E-state index in [0.29, 0.717) is 18.8 Å². The Morgan fingerprint density at radius 2 is 1.95 bits per heavy atom. The fourth-order valence-corrected chi connectivity index (χ4v) is 4.10. The number of sulfonamides is 1. The summed E-state index contributed by atoms with van der Waals surface area (Å²) in [6, 6.07) is 9.83. The number of carbonyl (C=O) groups excluding carboxylic acids is 1. The standard InChI is InChI=1S/C13H13N3O3S2/c17-13-14-7-8-16(13)11-5-3-10(4-6-11)15-21(18,19)12-2-1-9-20-12/h1-6,9,15H,7-8H2,(H,14,17). The molecular formula is C13H13N3O3S2. The van der Waals surface area contributed by atoms with Gasteiger partial charge in [0, 0.05) is 24.5 Å². The summed E-state index contributed by atoms with van der Waals surface area (Å²) >= 11 is 1.16. The number of carbonyl (C=O) groups is 1. The number of amides is 2. The number of nitrogens with one attached hydrogen (secondary N) is 2. The molecule has 1 aliphatic heterocycles. The van der Waals surface area contributed by atoms with E-state index in [9.17, 15) is 13.2 Å². The number of rotatable bonds is 4. The number of anilines is 2. The maximum Gasteiger partial charge on any atom is 0.321 e. The van der Waals surface area contributed by atoms with Crippen molar-refractivity contribution >= 4 is 38.8 Å². The van der Waals surface area contributed by atoms with Crippen LogP contribution in [0.25, 0.3) is 0 Å². The molecule has 1 aliphatic rings. The van der Waals surface area contributed by atoms with Crippen LogP contribution < -0.4 is 14.9 Å². The summed E-state index contributed by atoms with van der Waals surface area (Å²) in [4.78, 5) is 13.2. The van der Waals surface area contributed by atoms with E-state index in [0.717, 1.165) is 17.0 Å². The highest BCUT2D eigenvalue weighted by Gasteiger charge is 2.21. The van der Waals surface area contributed by atoms with Gasteiger partial charge in [0.2, 0.25) is 0 Å². The molecule has 21 heavy (non-hydrogen) atoms. The maximum atomic E-state index is 12.1. The van der Waals surface area contributed by atoms with E-state index in [-0.39, 0.29) is 10.2 Å². The average molecular weight is 323 g/mol. The van der Waals surface area contributed by atoms with E-state index in [1.165, 1.54) is 0 Å². The van der Waals surface area contributed by atoms with Gasteiger partial charge >= 0.3 is 6.03 Å². The van der Waals surface area contributed by atoms with Crippen LogP contribution in [0.5, 0.6) is 0 Å². The van der Waals surface area contributed by atoms with E-state index in [2.05, 4.69) is 10.0 Å². The molecule has 0 radical (unpaired) electrons. The van der Waals surface area contributed by atoms with Gasteiger partial charge in [-0.3, -0.25) is 9.62 Å². The number of nitrogens with zero attached hydrogens (tertiary/aromatic N) is 1. The minimum Gasteiger partial charge on any atom is -0.336 e. The Hall–Kier alpha value is -2.06. The Bertz CT molecular complexity index is 739. The number of hydrogen-bond acceptors (Lipinski definition) is 4. The van der Waals surface area contributed by atoms with Crippen LogP contribution in [0.3, 0.4) is 0 Å². The van der Waals surface area contributed by atoms with Crippen LogP contribution in [0.2, 0.25) is 0 Å². The quantitative estimate of drug-likeness (QED) is 0.904. The maximum absolute atomic E-state index is 12.1. The molecule has 0 atom stereocenters. The van der Waals surface area contributed by atoms with Crippen molar-refractivity contribution < 1.29 is 13.2 Å². The lowest BCUT2D eigenvalue weighted by atomic mass is 10.2. The first-order valence-electron chi connectivity index (χ1n) is 6.28. The van der Waals surface area contributed by atoms with Crippen LogP contribution >= 0.6 is 11.3 Å². The lowest BCUT2D eigenvalue weighted by Gasteiger charge is -2.14. The second-order valence-electron chi connectivity index (χ2n) is 4.47. The zero-order valence-electron chi connectivity index (χ0n) is 10.9. The molecule has 0 saturated carbocycles. The van der Waals surface area contributed by atoms with Gasteiger partial charge < -0.3 is 5.32 Å². The predicted octanol–water partition coefficient (Wildman–Crippen LogP) is 2.08. The lowest BCUT2D eigenvalue weighted by molar-refractivity contribution is 0.252. The molecule has 0 bridgehead atoms. The van der Waals surface area contributed by atoms with Crippen LogP contribution in [0, 0.1) is 0 Å². The second-order valence-corrected chi connectivity index (χ2v) is 7.32. The van der Waals surface area contributed by atoms with Crippen molar-refractivity contribution in [3.63, 3.8) is 0 Å². The molecule has 2 N–H and O–H groups in total. The third-order valence-corrected chi connectivity index (χ3v) is 5.83. The van der Waals surface area contributed by atoms with Crippen LogP contribution in [0.15, 0.2) is 46.0 Å². The minimum absolute atomic E-state index is 0.137. The van der Waals surface area contributed by atoms with Gasteiger partial charge in [0.05, 0.1) is 0 Å². The van der Waals surface area contributed by atoms with E-state index >= 15 is 0 Å². The van der Waals surface area contributed by atoms with E-state index in [1.807, 2.05) is 0 Å². The monoisotopic (exact) mass is 323 g/mol. The topological polar surface area (TPSA) is 78.5 Å². The summed E-state index contributed by atoms with van der Waals surface area (Å²) in [7, 11) is -3.54. The molecule has 1 fully saturated rings. The number of urea groups is 1. The molecular weight excluding hydrogens is 310 g/mol. The van der Waals surface area contributed by atoms with Crippen LogP contribution in [0.1, 0.15) is 0 Å². The van der Waals surface area contributed by atoms with E-state index in [1.54, 1.807) is 46.7 Å². The van der Waals surface area contributed by atoms with Gasteiger partial charge in [-0.1, -0.05) is 6.07 Å². The third kappa shape index (κ3) is 2.86. The Morgan fingerprint density at radius 1 is 1.19 bits per heavy atom. The van der Waals surface area contributed by atoms with E-state index in [4.69, 9.17) is 0 Å². The lowest BCUT2D eigenvalue weighted by Crippen LogP contribution is -2.27. The van der Waals surface area contributed by atoms with Gasteiger partial charge in [-0.2, -0.15) is 0 Å². The van der Waals surface area contributed by atoms with Gasteiger partial charge in [-0.05, 0) is 35.7 Å². The Balaban J connectivity index is 1.77. The summed E-state index contributed by atoms with van der Waals surface area (Å²) in [5, 5.41) is 4.43. The van der Waals surface area contributed by atoms with Gasteiger partial charge in [0.1, 0.15) is 4.21 Å². The SMILES string of the molecule is O=C1NCCN1c1ccc(NS(=O)(=O)c2cccs2)cc1. The number of benzene rings is 1. The molecule has 3 rings (SSSR count). The molecule has 6 nitrogen and oxygen atoms in total. The smallest absolute Gasteiger partial charge is 0.321 e. The fourth-order valence-electron chi connectivity index (χ4n) is 2.05. The van der Waals surface area contributed by atoms with Crippen molar-refractivity contribution in [2.45, 2.75) is 4.21 Å². The fraction of sp³-hybridized carbons (Fsp3) is 0.154. The van der Waals surface area contributed by atoms with Crippen molar-refractivity contribution in [1.82, 2.24) is 5.32 Å². The molecule has 2 heterocycles. The molecule has 0 unspecified atom stereocenters. The summed E-state index contributed by atoms with van der Waals surface area (Å²) in [6.45, 7) is 1.23. The van der Waals surface area contributed by atoms with Crippen molar-refractivity contribution in [3.05, 3.63) is 41.8 Å². The Labute approximate surface area is 126 Å². The normalized spacial score (nSPS) is 15.0. The highest BCUT2D eigenvalue weighted by molar-refractivity contribution is 7.94. The van der Waals surface area contributed by atoms with Crippen LogP contribution in [-0.2, 0) is 10.0 Å². The van der Waals surface area contributed by atoms with Gasteiger partial charge in [-0.25, -0.2) is 13.2 Å². The zero-order valence-corrected chi connectivity index (χ0v) is 12.6. The first-order valence-corrected chi connectivity index (χ1v) is 8.64. The van der Waals surface area contributed by atoms with Crippen LogP contribution in [-0.4, -0.2) is 27.5 Å². The van der Waals surface area contributed by atoms with Gasteiger partial charge in [0.15, 0.2) is 0 Å². The van der Waals surface area contributed by atoms with E-state index < -0.39 is 10.0 Å². The molecule has 110 valence electrons. The summed E-state index contributed by atoms with van der Waals surface area (Å²) < 4.78 is 26.9. The average Bonchev–Trinajstić information content (AvgIpc) is 3.10.